The standard InChI is InChI=1S/C15H26N2O/c1-17(12-15(18)9-5-6-10-15)14-8-4-2-3-7-13(14)11-16/h13-14,18H,2-10,12H2,1H3. The van der Waals surface area contributed by atoms with Crippen molar-refractivity contribution in [3.05, 3.63) is 0 Å². The SMILES string of the molecule is CN(CC1(O)CCCC1)C1CCCCCC1C#N. The van der Waals surface area contributed by atoms with Crippen LogP contribution in [0.3, 0.4) is 0 Å². The van der Waals surface area contributed by atoms with Gasteiger partial charge in [-0.25, -0.2) is 0 Å². The molecule has 0 heterocycles. The van der Waals surface area contributed by atoms with E-state index in [4.69, 9.17) is 0 Å². The number of nitriles is 1. The van der Waals surface area contributed by atoms with Gasteiger partial charge in [0.1, 0.15) is 0 Å². The van der Waals surface area contributed by atoms with Crippen LogP contribution in [0.15, 0.2) is 0 Å². The Hall–Kier alpha value is -0.590. The minimum Gasteiger partial charge on any atom is -0.389 e. The van der Waals surface area contributed by atoms with Gasteiger partial charge in [0.25, 0.3) is 0 Å². The molecule has 1 N–H and O–H groups in total. The first-order valence-corrected chi connectivity index (χ1v) is 7.47. The van der Waals surface area contributed by atoms with E-state index in [0.29, 0.717) is 6.04 Å². The van der Waals surface area contributed by atoms with Crippen molar-refractivity contribution in [2.24, 2.45) is 5.92 Å². The van der Waals surface area contributed by atoms with Crippen molar-refractivity contribution < 1.29 is 5.11 Å². The smallest absolute Gasteiger partial charge is 0.0774 e. The Morgan fingerprint density at radius 2 is 1.83 bits per heavy atom. The molecular weight excluding hydrogens is 224 g/mol. The summed E-state index contributed by atoms with van der Waals surface area (Å²) in [5, 5.41) is 19.8. The molecule has 0 saturated heterocycles. The molecule has 0 amide bonds. The number of nitrogens with zero attached hydrogens (tertiary/aromatic N) is 2. The lowest BCUT2D eigenvalue weighted by Crippen LogP contribution is -2.46. The van der Waals surface area contributed by atoms with E-state index < -0.39 is 5.60 Å². The fraction of sp³-hybridized carbons (Fsp3) is 0.933. The first-order valence-electron chi connectivity index (χ1n) is 7.47. The van der Waals surface area contributed by atoms with Gasteiger partial charge in [-0.1, -0.05) is 32.1 Å². The monoisotopic (exact) mass is 250 g/mol. The molecule has 0 aromatic heterocycles. The summed E-state index contributed by atoms with van der Waals surface area (Å²) in [6.45, 7) is 0.746. The minimum atomic E-state index is -0.485. The predicted molar refractivity (Wildman–Crippen MR) is 72.0 cm³/mol. The van der Waals surface area contributed by atoms with Crippen LogP contribution >= 0.6 is 0 Å². The second-order valence-corrected chi connectivity index (χ2v) is 6.29. The van der Waals surface area contributed by atoms with E-state index in [1.54, 1.807) is 0 Å². The molecule has 18 heavy (non-hydrogen) atoms. The van der Waals surface area contributed by atoms with E-state index in [1.807, 2.05) is 0 Å². The molecule has 2 atom stereocenters. The van der Waals surface area contributed by atoms with Gasteiger partial charge in [-0.15, -0.1) is 0 Å². The van der Waals surface area contributed by atoms with Crippen molar-refractivity contribution in [3.63, 3.8) is 0 Å². The molecular formula is C15H26N2O. The average Bonchev–Trinajstić information content (AvgIpc) is 2.65. The largest absolute Gasteiger partial charge is 0.389 e. The van der Waals surface area contributed by atoms with Gasteiger partial charge >= 0.3 is 0 Å². The summed E-state index contributed by atoms with van der Waals surface area (Å²) in [6, 6.07) is 2.84. The van der Waals surface area contributed by atoms with Gasteiger partial charge in [0.15, 0.2) is 0 Å². The highest BCUT2D eigenvalue weighted by molar-refractivity contribution is 4.96. The maximum Gasteiger partial charge on any atom is 0.0774 e. The fourth-order valence-corrected chi connectivity index (χ4v) is 3.74. The molecule has 2 saturated carbocycles. The molecule has 2 aliphatic rings. The zero-order valence-corrected chi connectivity index (χ0v) is 11.6. The molecule has 2 aliphatic carbocycles. The van der Waals surface area contributed by atoms with Crippen molar-refractivity contribution in [3.8, 4) is 6.07 Å². The topological polar surface area (TPSA) is 47.3 Å². The third kappa shape index (κ3) is 3.24. The molecule has 102 valence electrons. The van der Waals surface area contributed by atoms with Crippen LogP contribution in [-0.2, 0) is 0 Å². The third-order valence-electron chi connectivity index (χ3n) is 4.79. The third-order valence-corrected chi connectivity index (χ3v) is 4.79. The number of hydrogen-bond acceptors (Lipinski definition) is 3. The Morgan fingerprint density at radius 1 is 1.17 bits per heavy atom. The molecule has 2 fully saturated rings. The van der Waals surface area contributed by atoms with Crippen LogP contribution < -0.4 is 0 Å². The average molecular weight is 250 g/mol. The van der Waals surface area contributed by atoms with Crippen LogP contribution in [0.1, 0.15) is 57.8 Å². The highest BCUT2D eigenvalue weighted by Gasteiger charge is 2.35. The molecule has 0 aliphatic heterocycles. The molecule has 3 nitrogen and oxygen atoms in total. The molecule has 2 rings (SSSR count). The van der Waals surface area contributed by atoms with E-state index in [2.05, 4.69) is 18.0 Å². The lowest BCUT2D eigenvalue weighted by atomic mass is 9.93. The lowest BCUT2D eigenvalue weighted by Gasteiger charge is -2.35. The summed E-state index contributed by atoms with van der Waals surface area (Å²) in [6.07, 6.45) is 9.98. The molecule has 0 radical (unpaired) electrons. The second kappa shape index (κ2) is 6.04. The highest BCUT2D eigenvalue weighted by Crippen LogP contribution is 2.33. The summed E-state index contributed by atoms with van der Waals surface area (Å²) in [5.74, 6) is 0.155. The fourth-order valence-electron chi connectivity index (χ4n) is 3.74. The molecule has 0 spiro atoms. The van der Waals surface area contributed by atoms with Gasteiger partial charge in [-0.05, 0) is 32.7 Å². The molecule has 0 bridgehead atoms. The van der Waals surface area contributed by atoms with Crippen LogP contribution in [-0.4, -0.2) is 35.2 Å². The van der Waals surface area contributed by atoms with Crippen molar-refractivity contribution in [2.45, 2.75) is 69.4 Å². The van der Waals surface area contributed by atoms with Gasteiger partial charge in [-0.2, -0.15) is 5.26 Å². The van der Waals surface area contributed by atoms with Crippen molar-refractivity contribution in [2.75, 3.05) is 13.6 Å². The Labute approximate surface area is 111 Å². The van der Waals surface area contributed by atoms with Crippen LogP contribution in [0.25, 0.3) is 0 Å². The first-order chi connectivity index (χ1) is 8.64. The number of rotatable bonds is 3. The van der Waals surface area contributed by atoms with E-state index in [1.165, 1.54) is 19.3 Å². The van der Waals surface area contributed by atoms with Gasteiger partial charge in [0, 0.05) is 12.6 Å². The van der Waals surface area contributed by atoms with Gasteiger partial charge in [-0.3, -0.25) is 4.90 Å². The highest BCUT2D eigenvalue weighted by atomic mass is 16.3. The van der Waals surface area contributed by atoms with E-state index in [0.717, 1.165) is 45.1 Å². The molecule has 0 aromatic carbocycles. The quantitative estimate of drug-likeness (QED) is 0.783. The van der Waals surface area contributed by atoms with Crippen LogP contribution in [0.2, 0.25) is 0 Å². The Kier molecular flexibility index (Phi) is 4.64. The Bertz CT molecular complexity index is 304. The molecule has 3 heteroatoms. The summed E-state index contributed by atoms with van der Waals surface area (Å²) in [5.41, 5.74) is -0.485. The van der Waals surface area contributed by atoms with Gasteiger partial charge in [0.2, 0.25) is 0 Å². The summed E-state index contributed by atoms with van der Waals surface area (Å²) >= 11 is 0. The van der Waals surface area contributed by atoms with Crippen molar-refractivity contribution in [1.82, 2.24) is 4.90 Å². The van der Waals surface area contributed by atoms with Crippen molar-refractivity contribution in [1.29, 1.82) is 5.26 Å². The number of aliphatic hydroxyl groups is 1. The number of likely N-dealkylation sites (N-methyl/N-ethyl adjacent to an activating group) is 1. The minimum absolute atomic E-state index is 0.155. The maximum absolute atomic E-state index is 10.5. The van der Waals surface area contributed by atoms with Crippen molar-refractivity contribution >= 4 is 0 Å². The van der Waals surface area contributed by atoms with Crippen LogP contribution in [0, 0.1) is 17.2 Å². The maximum atomic E-state index is 10.5. The zero-order valence-electron chi connectivity index (χ0n) is 11.6. The predicted octanol–water partition coefficient (Wildman–Crippen LogP) is 2.70. The van der Waals surface area contributed by atoms with E-state index in [-0.39, 0.29) is 5.92 Å². The molecule has 0 aromatic rings. The van der Waals surface area contributed by atoms with E-state index >= 15 is 0 Å². The summed E-state index contributed by atoms with van der Waals surface area (Å²) in [4.78, 5) is 2.27. The van der Waals surface area contributed by atoms with Gasteiger partial charge in [0.05, 0.1) is 17.6 Å². The Balaban J connectivity index is 1.97. The van der Waals surface area contributed by atoms with Crippen LogP contribution in [0.4, 0.5) is 0 Å². The Morgan fingerprint density at radius 3 is 2.50 bits per heavy atom. The second-order valence-electron chi connectivity index (χ2n) is 6.29. The molecule has 2 unspecified atom stereocenters. The summed E-state index contributed by atoms with van der Waals surface area (Å²) in [7, 11) is 2.09. The van der Waals surface area contributed by atoms with Gasteiger partial charge < -0.3 is 5.11 Å². The first kappa shape index (κ1) is 13.8. The van der Waals surface area contributed by atoms with E-state index in [9.17, 15) is 10.4 Å². The number of hydrogen-bond donors (Lipinski definition) is 1. The van der Waals surface area contributed by atoms with Crippen LogP contribution in [0.5, 0.6) is 0 Å². The zero-order chi connectivity index (χ0) is 13.0. The lowest BCUT2D eigenvalue weighted by molar-refractivity contribution is -0.000384. The normalized spacial score (nSPS) is 32.1. The summed E-state index contributed by atoms with van der Waals surface area (Å²) < 4.78 is 0.